The number of rotatable bonds is 3. The molecule has 10 nitrogen and oxygen atoms in total. The summed E-state index contributed by atoms with van der Waals surface area (Å²) in [5.41, 5.74) is -0.784. The third-order valence-corrected chi connectivity index (χ3v) is 5.87. The Morgan fingerprint density at radius 1 is 1.16 bits per heavy atom. The Bertz CT molecular complexity index is 689. The lowest BCUT2D eigenvalue weighted by atomic mass is 10.1. The molecule has 25 heavy (non-hydrogen) atoms. The van der Waals surface area contributed by atoms with Crippen molar-refractivity contribution in [3.05, 3.63) is 0 Å². The highest BCUT2D eigenvalue weighted by Crippen LogP contribution is 2.24. The van der Waals surface area contributed by atoms with Crippen LogP contribution in [0.3, 0.4) is 0 Å². The highest BCUT2D eigenvalue weighted by molar-refractivity contribution is 7.86. The number of aliphatic carboxylic acids is 1. The minimum atomic E-state index is -3.85. The molecule has 1 amide bonds. The zero-order valence-corrected chi connectivity index (χ0v) is 15.2. The van der Waals surface area contributed by atoms with Crippen LogP contribution in [0.4, 0.5) is 4.79 Å². The van der Waals surface area contributed by atoms with Crippen molar-refractivity contribution in [2.45, 2.75) is 32.4 Å². The Labute approximate surface area is 146 Å². The number of amides is 1. The molecule has 2 fully saturated rings. The van der Waals surface area contributed by atoms with E-state index in [1.165, 1.54) is 0 Å². The first-order chi connectivity index (χ1) is 11.5. The lowest BCUT2D eigenvalue weighted by Crippen LogP contribution is -2.63. The number of nitrogens with zero attached hydrogens (tertiary/aromatic N) is 4. The summed E-state index contributed by atoms with van der Waals surface area (Å²) in [6, 6.07) is 0.662. The van der Waals surface area contributed by atoms with Crippen LogP contribution in [-0.2, 0) is 19.7 Å². The number of nitriles is 1. The van der Waals surface area contributed by atoms with Gasteiger partial charge in [0.25, 0.3) is 10.2 Å². The van der Waals surface area contributed by atoms with Crippen LogP contribution in [0.25, 0.3) is 0 Å². The molecule has 0 spiro atoms. The van der Waals surface area contributed by atoms with Crippen LogP contribution in [-0.4, -0.2) is 83.5 Å². The number of hydrogen-bond donors (Lipinski definition) is 1. The van der Waals surface area contributed by atoms with E-state index in [0.717, 1.165) is 13.5 Å². The van der Waals surface area contributed by atoms with Gasteiger partial charge in [0.1, 0.15) is 11.6 Å². The normalized spacial score (nSPS) is 23.6. The van der Waals surface area contributed by atoms with Gasteiger partial charge in [0.15, 0.2) is 0 Å². The molecule has 0 aromatic carbocycles. The lowest BCUT2D eigenvalue weighted by Gasteiger charge is -2.43. The number of carbonyl (C=O) groups is 2. The minimum absolute atomic E-state index is 0.0287. The zero-order valence-electron chi connectivity index (χ0n) is 14.4. The molecule has 0 radical (unpaired) electrons. The van der Waals surface area contributed by atoms with E-state index in [9.17, 15) is 23.1 Å². The van der Waals surface area contributed by atoms with Gasteiger partial charge in [-0.15, -0.1) is 0 Å². The maximum atomic E-state index is 12.5. The average molecular weight is 374 g/mol. The number of ether oxygens (including phenoxy) is 1. The second-order valence-electron chi connectivity index (χ2n) is 7.04. The summed E-state index contributed by atoms with van der Waals surface area (Å²) in [6.07, 6.45) is -0.787. The van der Waals surface area contributed by atoms with E-state index in [0.29, 0.717) is 0 Å². The van der Waals surface area contributed by atoms with E-state index in [4.69, 9.17) is 10.00 Å². The van der Waals surface area contributed by atoms with Gasteiger partial charge < -0.3 is 9.84 Å². The molecule has 2 heterocycles. The Hall–Kier alpha value is -1.90. The van der Waals surface area contributed by atoms with Crippen LogP contribution >= 0.6 is 0 Å². The number of hydrogen-bond acceptors (Lipinski definition) is 6. The fourth-order valence-corrected chi connectivity index (χ4v) is 4.29. The van der Waals surface area contributed by atoms with Crippen LogP contribution in [0, 0.1) is 17.2 Å². The molecule has 2 aliphatic rings. The summed E-state index contributed by atoms with van der Waals surface area (Å²) in [7, 11) is -3.85. The molecular weight excluding hydrogens is 352 g/mol. The highest BCUT2D eigenvalue weighted by Gasteiger charge is 2.45. The van der Waals surface area contributed by atoms with Crippen LogP contribution in [0.2, 0.25) is 0 Å². The number of carboxylic acids is 1. The molecule has 2 saturated heterocycles. The first-order valence-corrected chi connectivity index (χ1v) is 9.22. The van der Waals surface area contributed by atoms with Gasteiger partial charge in [-0.05, 0) is 20.8 Å². The summed E-state index contributed by atoms with van der Waals surface area (Å²) in [4.78, 5) is 24.8. The summed E-state index contributed by atoms with van der Waals surface area (Å²) < 4.78 is 32.4. The number of carboxylic acid groups (broad SMARTS) is 1. The number of carbonyl (C=O) groups excluding carboxylic acids is 1. The molecule has 0 aromatic heterocycles. The van der Waals surface area contributed by atoms with E-state index in [-0.39, 0.29) is 38.6 Å². The van der Waals surface area contributed by atoms with Crippen molar-refractivity contribution in [3.8, 4) is 6.07 Å². The van der Waals surface area contributed by atoms with Crippen molar-refractivity contribution in [2.24, 2.45) is 5.92 Å². The molecule has 1 atom stereocenters. The third kappa shape index (κ3) is 4.20. The predicted octanol–water partition coefficient (Wildman–Crippen LogP) is -0.308. The van der Waals surface area contributed by atoms with Gasteiger partial charge in [-0.3, -0.25) is 4.90 Å². The number of piperazine rings is 1. The Balaban J connectivity index is 2.10. The summed E-state index contributed by atoms with van der Waals surface area (Å²) in [5, 5.41) is 18.2. The van der Waals surface area contributed by atoms with Crippen molar-refractivity contribution in [3.63, 3.8) is 0 Å². The zero-order chi connectivity index (χ0) is 19.0. The van der Waals surface area contributed by atoms with Gasteiger partial charge in [0.2, 0.25) is 0 Å². The van der Waals surface area contributed by atoms with E-state index in [1.807, 2.05) is 6.07 Å². The Morgan fingerprint density at radius 2 is 1.76 bits per heavy atom. The van der Waals surface area contributed by atoms with Crippen LogP contribution < -0.4 is 0 Å². The molecule has 2 aliphatic heterocycles. The first kappa shape index (κ1) is 19.4. The van der Waals surface area contributed by atoms with Gasteiger partial charge in [-0.25, -0.2) is 9.59 Å². The minimum Gasteiger partial charge on any atom is -0.480 e. The summed E-state index contributed by atoms with van der Waals surface area (Å²) in [5.74, 6) is -1.64. The monoisotopic (exact) mass is 374 g/mol. The molecule has 140 valence electrons. The SMILES string of the molecule is CC(C)(C)OC(=O)N1CCN(S(=O)(=O)N2CC(C#N)C2)CC1C(=O)O. The predicted molar refractivity (Wildman–Crippen MR) is 85.5 cm³/mol. The van der Waals surface area contributed by atoms with Gasteiger partial charge in [-0.2, -0.15) is 22.3 Å². The fourth-order valence-electron chi connectivity index (χ4n) is 2.59. The molecule has 1 unspecified atom stereocenters. The molecule has 1 N–H and O–H groups in total. The maximum Gasteiger partial charge on any atom is 0.411 e. The van der Waals surface area contributed by atoms with Gasteiger partial charge in [0.05, 0.1) is 12.0 Å². The van der Waals surface area contributed by atoms with E-state index >= 15 is 0 Å². The molecule has 0 aromatic rings. The van der Waals surface area contributed by atoms with Gasteiger partial charge >= 0.3 is 12.1 Å². The largest absolute Gasteiger partial charge is 0.480 e. The molecular formula is C14H22N4O6S. The standard InChI is InChI=1S/C14H22N4O6S/c1-14(2,3)24-13(21)18-5-4-16(9-11(18)12(19)20)25(22,23)17-7-10(6-15)8-17/h10-11H,4-5,7-9H2,1-3H3,(H,19,20). The van der Waals surface area contributed by atoms with Crippen LogP contribution in [0.5, 0.6) is 0 Å². The Kier molecular flexibility index (Phi) is 5.27. The van der Waals surface area contributed by atoms with Crippen molar-refractivity contribution in [1.82, 2.24) is 13.5 Å². The second kappa shape index (κ2) is 6.78. The van der Waals surface area contributed by atoms with Gasteiger partial charge in [-0.1, -0.05) is 0 Å². The van der Waals surface area contributed by atoms with E-state index in [1.54, 1.807) is 20.8 Å². The summed E-state index contributed by atoms with van der Waals surface area (Å²) in [6.45, 7) is 4.72. The maximum absolute atomic E-state index is 12.5. The smallest absolute Gasteiger partial charge is 0.411 e. The van der Waals surface area contributed by atoms with Crippen molar-refractivity contribution in [1.29, 1.82) is 5.26 Å². The highest BCUT2D eigenvalue weighted by atomic mass is 32.2. The van der Waals surface area contributed by atoms with Crippen LogP contribution in [0.15, 0.2) is 0 Å². The van der Waals surface area contributed by atoms with Gasteiger partial charge in [0, 0.05) is 32.7 Å². The van der Waals surface area contributed by atoms with E-state index in [2.05, 4.69) is 0 Å². The molecule has 0 aliphatic carbocycles. The molecule has 0 bridgehead atoms. The topological polar surface area (TPSA) is 131 Å². The third-order valence-electron chi connectivity index (χ3n) is 3.94. The average Bonchev–Trinajstić information content (AvgIpc) is 2.43. The second-order valence-corrected chi connectivity index (χ2v) is 8.97. The molecule has 11 heteroatoms. The summed E-state index contributed by atoms with van der Waals surface area (Å²) >= 11 is 0. The van der Waals surface area contributed by atoms with Crippen LogP contribution in [0.1, 0.15) is 20.8 Å². The van der Waals surface area contributed by atoms with Crippen molar-refractivity contribution < 1.29 is 27.9 Å². The first-order valence-electron chi connectivity index (χ1n) is 7.83. The molecule has 0 saturated carbocycles. The quantitative estimate of drug-likeness (QED) is 0.717. The van der Waals surface area contributed by atoms with Crippen molar-refractivity contribution >= 4 is 22.3 Å². The lowest BCUT2D eigenvalue weighted by molar-refractivity contribution is -0.144. The Morgan fingerprint density at radius 3 is 2.24 bits per heavy atom. The fraction of sp³-hybridized carbons (Fsp3) is 0.786. The molecule has 2 rings (SSSR count). The van der Waals surface area contributed by atoms with Crippen molar-refractivity contribution in [2.75, 3.05) is 32.7 Å². The van der Waals surface area contributed by atoms with E-state index < -0.39 is 33.9 Å².